The van der Waals surface area contributed by atoms with Gasteiger partial charge in [0.2, 0.25) is 70.9 Å². The standard InChI is InChI=1S/C76H97N17O18S2/c1-39(2)63(92-70(104)57(30-46-34-80-52-20-12-10-18-50(46)52)88-69(103)59(32-62(97)98)85-65(99)40(3)82-72(106)60(36-112)83-42(5)95)74(108)91-61(37-113)73(107)86-54(28-44-22-24-48(96)25-23-44)67(101)87-56(29-45-33-79-51-19-11-9-17-49(45)51)68(102)89-58(31-47-35-78-38-81-47)71(105)93-64(41(4)94)75(109)90-55(27-43-15-7-6-8-16-43)66(100)84-53(76(110)111)21-13-14-26-77/h6-12,15-20,22-25,33-35,38-41,53-61,63-64,79-80,94,96,112-113H,13-14,21,26-32,36-37,77H2,1-5H3,(H,78,81)(H,82,106)(H,83,95)(H,84,100)(H,85,99)(H,86,107)(H,87,101)(H,88,103)(H,89,102)(H,90,109)(H,91,108)(H,92,104)(H,93,105)(H,97,98)(H,110,111)/t40-,41+,53+,54-,55-,56-,57-,58-,59-,60-,61-,63-,64-/m0/s1. The lowest BCUT2D eigenvalue weighted by Gasteiger charge is -2.29. The van der Waals surface area contributed by atoms with Crippen molar-refractivity contribution in [1.29, 1.82) is 0 Å². The lowest BCUT2D eigenvalue weighted by Crippen LogP contribution is -2.62. The number of thiol groups is 2. The van der Waals surface area contributed by atoms with Gasteiger partial charge in [-0.1, -0.05) is 92.7 Å². The van der Waals surface area contributed by atoms with Crippen molar-refractivity contribution in [2.45, 2.75) is 171 Å². The zero-order valence-electron chi connectivity index (χ0n) is 62.6. The van der Waals surface area contributed by atoms with E-state index in [1.165, 1.54) is 50.6 Å². The van der Waals surface area contributed by atoms with Crippen LogP contribution in [-0.4, -0.2) is 220 Å². The summed E-state index contributed by atoms with van der Waals surface area (Å²) >= 11 is 8.48. The number of para-hydroxylation sites is 2. The number of unbranched alkanes of at least 4 members (excludes halogenated alkanes) is 1. The molecule has 4 aromatic carbocycles. The number of carboxylic acid groups (broad SMARTS) is 2. The highest BCUT2D eigenvalue weighted by molar-refractivity contribution is 7.80. The fourth-order valence-corrected chi connectivity index (χ4v) is 12.7. The monoisotopic (exact) mass is 1600 g/mol. The van der Waals surface area contributed by atoms with Crippen LogP contribution in [-0.2, 0) is 99.2 Å². The van der Waals surface area contributed by atoms with Gasteiger partial charge in [0.25, 0.3) is 0 Å². The number of aliphatic carboxylic acids is 2. The predicted molar refractivity (Wildman–Crippen MR) is 420 cm³/mol. The fraction of sp³-hybridized carbons (Fsp3) is 0.408. The fourth-order valence-electron chi connectivity index (χ4n) is 12.2. The predicted octanol–water partition coefficient (Wildman–Crippen LogP) is -0.967. The lowest BCUT2D eigenvalue weighted by atomic mass is 9.99. The van der Waals surface area contributed by atoms with Gasteiger partial charge >= 0.3 is 11.9 Å². The minimum absolute atomic E-state index is 0.0187. The van der Waals surface area contributed by atoms with E-state index in [0.29, 0.717) is 56.9 Å². The number of rotatable bonds is 44. The summed E-state index contributed by atoms with van der Waals surface area (Å²) in [5, 5.41) is 73.2. The Labute approximate surface area is 660 Å². The number of hydrogen-bond donors (Lipinski definition) is 22. The number of phenols is 1. The van der Waals surface area contributed by atoms with E-state index in [1.807, 2.05) is 0 Å². The van der Waals surface area contributed by atoms with Gasteiger partial charge < -0.3 is 105 Å². The summed E-state index contributed by atoms with van der Waals surface area (Å²) in [7, 11) is 0. The number of aromatic amines is 3. The summed E-state index contributed by atoms with van der Waals surface area (Å²) in [6.07, 6.45) is 2.57. The van der Waals surface area contributed by atoms with Gasteiger partial charge in [0, 0.05) is 96.6 Å². The molecule has 0 aliphatic heterocycles. The van der Waals surface area contributed by atoms with Gasteiger partial charge in [0.1, 0.15) is 78.3 Å². The van der Waals surface area contributed by atoms with E-state index in [1.54, 1.807) is 105 Å². The number of aliphatic hydroxyl groups is 1. The molecule has 0 aliphatic rings. The topological polar surface area (TPSA) is 551 Å². The van der Waals surface area contributed by atoms with Crippen LogP contribution in [0.1, 0.15) is 88.2 Å². The molecule has 7 rings (SSSR count). The average Bonchev–Trinajstić information content (AvgIpc) is 1.73. The number of phenolic OH excluding ortho intramolecular Hbond substituents is 1. The number of carbonyl (C=O) groups is 14. The van der Waals surface area contributed by atoms with Crippen LogP contribution >= 0.6 is 25.3 Å². The molecule has 0 unspecified atom stereocenters. The zero-order valence-corrected chi connectivity index (χ0v) is 64.4. The Morgan fingerprint density at radius 3 is 1.34 bits per heavy atom. The number of nitrogens with two attached hydrogens (primary N) is 1. The molecule has 0 radical (unpaired) electrons. The van der Waals surface area contributed by atoms with Crippen molar-refractivity contribution >= 4 is 130 Å². The summed E-state index contributed by atoms with van der Waals surface area (Å²) in [6, 6.07) is 9.24. The first-order valence-electron chi connectivity index (χ1n) is 36.4. The van der Waals surface area contributed by atoms with Crippen molar-refractivity contribution in [3.05, 3.63) is 156 Å². The second-order valence-corrected chi connectivity index (χ2v) is 28.2. The van der Waals surface area contributed by atoms with E-state index >= 15 is 9.59 Å². The molecule has 0 saturated carbocycles. The van der Waals surface area contributed by atoms with Crippen molar-refractivity contribution in [2.24, 2.45) is 11.7 Å². The highest BCUT2D eigenvalue weighted by Gasteiger charge is 2.39. The average molecular weight is 1600 g/mol. The van der Waals surface area contributed by atoms with E-state index in [4.69, 9.17) is 5.73 Å². The van der Waals surface area contributed by atoms with Crippen LogP contribution in [0.3, 0.4) is 0 Å². The van der Waals surface area contributed by atoms with Crippen LogP contribution < -0.4 is 69.5 Å². The Bertz CT molecular complexity index is 4470. The Balaban J connectivity index is 1.14. The minimum Gasteiger partial charge on any atom is -0.508 e. The normalized spacial score (nSPS) is 14.7. The molecule has 0 saturated heterocycles. The van der Waals surface area contributed by atoms with Crippen molar-refractivity contribution < 1.29 is 87.5 Å². The highest BCUT2D eigenvalue weighted by atomic mass is 32.1. The lowest BCUT2D eigenvalue weighted by molar-refractivity contribution is -0.142. The number of aromatic nitrogens is 4. The van der Waals surface area contributed by atoms with Gasteiger partial charge in [-0.3, -0.25) is 62.3 Å². The Hall–Kier alpha value is -11.8. The van der Waals surface area contributed by atoms with Crippen LogP contribution in [0.15, 0.2) is 128 Å². The quantitative estimate of drug-likeness (QED) is 0.0161. The Kier molecular flexibility index (Phi) is 33.7. The maximum absolute atomic E-state index is 15.2. The molecule has 3 heterocycles. The molecule has 21 N–H and O–H groups in total. The molecule has 35 nitrogen and oxygen atoms in total. The molecular formula is C76H97N17O18S2. The molecule has 13 atom stereocenters. The number of benzene rings is 4. The largest absolute Gasteiger partial charge is 0.508 e. The van der Waals surface area contributed by atoms with E-state index < -0.39 is 180 Å². The number of aromatic hydroxyl groups is 1. The number of aliphatic hydroxyl groups excluding tert-OH is 1. The zero-order chi connectivity index (χ0) is 82.6. The third-order valence-corrected chi connectivity index (χ3v) is 19.1. The summed E-state index contributed by atoms with van der Waals surface area (Å²) in [6.45, 7) is 6.98. The number of H-pyrrole nitrogens is 3. The third kappa shape index (κ3) is 26.7. The summed E-state index contributed by atoms with van der Waals surface area (Å²) in [5.74, 6) is -16.0. The smallest absolute Gasteiger partial charge is 0.326 e. The van der Waals surface area contributed by atoms with Gasteiger partial charge in [-0.2, -0.15) is 25.3 Å². The molecule has 0 aliphatic carbocycles. The van der Waals surface area contributed by atoms with Crippen LogP contribution in [0.5, 0.6) is 5.75 Å². The van der Waals surface area contributed by atoms with Crippen LogP contribution in [0.4, 0.5) is 0 Å². The van der Waals surface area contributed by atoms with Crippen molar-refractivity contribution in [3.8, 4) is 5.75 Å². The first-order valence-corrected chi connectivity index (χ1v) is 37.7. The van der Waals surface area contributed by atoms with Crippen molar-refractivity contribution in [3.63, 3.8) is 0 Å². The maximum atomic E-state index is 15.2. The van der Waals surface area contributed by atoms with Crippen molar-refractivity contribution in [1.82, 2.24) is 83.7 Å². The Morgan fingerprint density at radius 1 is 0.442 bits per heavy atom. The summed E-state index contributed by atoms with van der Waals surface area (Å²) < 4.78 is 0. The van der Waals surface area contributed by atoms with E-state index in [9.17, 15) is 78.0 Å². The van der Waals surface area contributed by atoms with Crippen molar-refractivity contribution in [2.75, 3.05) is 18.1 Å². The second-order valence-electron chi connectivity index (χ2n) is 27.5. The number of hydrogen-bond acceptors (Lipinski definition) is 20. The molecule has 0 spiro atoms. The van der Waals surface area contributed by atoms with Gasteiger partial charge in [-0.05, 0) is 92.1 Å². The molecule has 37 heteroatoms. The molecular weight excluding hydrogens is 1500 g/mol. The van der Waals surface area contributed by atoms with E-state index in [-0.39, 0.29) is 62.3 Å². The first kappa shape index (κ1) is 88.4. The van der Waals surface area contributed by atoms with E-state index in [0.717, 1.165) is 6.92 Å². The number of nitrogens with one attached hydrogen (secondary N) is 15. The molecule has 0 bridgehead atoms. The SMILES string of the molecule is CC(=O)N[C@@H](CS)C(=O)N[C@@H](C)C(=O)N[C@@H](CC(=O)O)C(=O)N[C@@H](Cc1c[nH]c2ccccc12)C(=O)N[C@H](C(=O)N[C@@H](CS)C(=O)N[C@@H](Cc1ccc(O)cc1)C(=O)N[C@@H](Cc1c[nH]c2ccccc12)C(=O)N[C@@H](Cc1cnc[nH]1)C(=O)N[C@H](C(=O)N[C@@H](Cc1ccccc1)C(=O)N[C@H](CCCCN)C(=O)O)[C@@H](C)O)C(C)C. The van der Waals surface area contributed by atoms with Gasteiger partial charge in [0.05, 0.1) is 18.9 Å². The molecule has 0 fully saturated rings. The number of imidazole rings is 1. The number of carbonyl (C=O) groups excluding carboxylic acids is 12. The molecule has 606 valence electrons. The molecule has 12 amide bonds. The van der Waals surface area contributed by atoms with Crippen LogP contribution in [0, 0.1) is 5.92 Å². The highest BCUT2D eigenvalue weighted by Crippen LogP contribution is 2.23. The second kappa shape index (κ2) is 43.1. The molecule has 113 heavy (non-hydrogen) atoms. The molecule has 3 aromatic heterocycles. The molecule has 7 aromatic rings. The maximum Gasteiger partial charge on any atom is 0.326 e. The Morgan fingerprint density at radius 2 is 0.858 bits per heavy atom. The van der Waals surface area contributed by atoms with E-state index in [2.05, 4.69) is 109 Å². The van der Waals surface area contributed by atoms with Gasteiger partial charge in [-0.15, -0.1) is 0 Å². The first-order chi connectivity index (χ1) is 53.9. The van der Waals surface area contributed by atoms with Gasteiger partial charge in [-0.25, -0.2) is 9.78 Å². The number of nitrogens with zero attached hydrogens (tertiary/aromatic N) is 1. The van der Waals surface area contributed by atoms with Gasteiger partial charge in [0.15, 0.2) is 0 Å². The number of carboxylic acids is 2. The number of amides is 12. The summed E-state index contributed by atoms with van der Waals surface area (Å²) in [5.41, 5.74) is 9.08. The minimum atomic E-state index is -1.87. The summed E-state index contributed by atoms with van der Waals surface area (Å²) in [4.78, 5) is 208. The van der Waals surface area contributed by atoms with Crippen LogP contribution in [0.2, 0.25) is 0 Å². The third-order valence-electron chi connectivity index (χ3n) is 18.3. The van der Waals surface area contributed by atoms with Crippen LogP contribution in [0.25, 0.3) is 21.8 Å². The number of fused-ring (bicyclic) bond motifs is 2.